The second-order valence-corrected chi connectivity index (χ2v) is 4.60. The van der Waals surface area contributed by atoms with E-state index in [1.54, 1.807) is 0 Å². The van der Waals surface area contributed by atoms with Crippen molar-refractivity contribution in [1.82, 2.24) is 0 Å². The molecule has 9 heteroatoms. The number of hydrogen-bond donors (Lipinski definition) is 1. The monoisotopic (exact) mass is 318 g/mol. The molecule has 1 atom stereocenters. The van der Waals surface area contributed by atoms with E-state index in [1.807, 2.05) is 0 Å². The largest absolute Gasteiger partial charge is 0.454 e. The number of carbonyl (C=O) groups is 2. The third-order valence-electron chi connectivity index (χ3n) is 2.02. The van der Waals surface area contributed by atoms with Crippen LogP contribution in [-0.2, 0) is 19.1 Å². The number of thiol groups is 1. The van der Waals surface area contributed by atoms with Gasteiger partial charge in [0.1, 0.15) is 0 Å². The average molecular weight is 318 g/mol. The molecule has 0 heterocycles. The average Bonchev–Trinajstić information content (AvgIpc) is 2.30. The first kappa shape index (κ1) is 18.8. The van der Waals surface area contributed by atoms with Crippen LogP contribution < -0.4 is 0 Å². The van der Waals surface area contributed by atoms with Crippen LogP contribution in [-0.4, -0.2) is 35.8 Å². The second-order valence-electron chi connectivity index (χ2n) is 3.95. The molecule has 0 aromatic rings. The van der Waals surface area contributed by atoms with Gasteiger partial charge in [0, 0.05) is 5.57 Å². The Labute approximate surface area is 118 Å². The molecule has 0 spiro atoms. The molecule has 0 N–H and O–H groups in total. The van der Waals surface area contributed by atoms with Crippen LogP contribution in [0.2, 0.25) is 0 Å². The molecule has 116 valence electrons. The van der Waals surface area contributed by atoms with Gasteiger partial charge in [-0.3, -0.25) is 0 Å². The molecule has 0 aromatic heterocycles. The molecule has 0 rings (SSSR count). The van der Waals surface area contributed by atoms with Gasteiger partial charge in [-0.15, -0.1) is 12.6 Å². The van der Waals surface area contributed by atoms with Crippen molar-refractivity contribution in [3.8, 4) is 0 Å². The number of rotatable bonds is 7. The summed E-state index contributed by atoms with van der Waals surface area (Å²) in [7, 11) is 0. The summed E-state index contributed by atoms with van der Waals surface area (Å²) in [5, 5.41) is -3.73. The van der Waals surface area contributed by atoms with Crippen molar-refractivity contribution in [2.45, 2.75) is 37.5 Å². The standard InChI is InChI=1S/C11H14F4O4S/c1-4-7(19-8(16)6(2)3)11(14,15)9(17)18-5-10(12,13)20/h7,20H,2,4-5H2,1,3H3. The van der Waals surface area contributed by atoms with Crippen LogP contribution in [0.5, 0.6) is 0 Å². The Kier molecular flexibility index (Phi) is 6.52. The zero-order chi connectivity index (χ0) is 16.1. The zero-order valence-electron chi connectivity index (χ0n) is 10.8. The quantitative estimate of drug-likeness (QED) is 0.339. The van der Waals surface area contributed by atoms with E-state index >= 15 is 0 Å². The molecule has 0 fully saturated rings. The van der Waals surface area contributed by atoms with Crippen molar-refractivity contribution in [2.24, 2.45) is 0 Å². The smallest absolute Gasteiger partial charge is 0.381 e. The van der Waals surface area contributed by atoms with Gasteiger partial charge in [-0.05, 0) is 13.3 Å². The van der Waals surface area contributed by atoms with E-state index in [9.17, 15) is 27.2 Å². The van der Waals surface area contributed by atoms with Crippen molar-refractivity contribution >= 4 is 24.6 Å². The molecule has 0 aliphatic heterocycles. The number of esters is 2. The molecule has 0 aromatic carbocycles. The van der Waals surface area contributed by atoms with Gasteiger partial charge >= 0.3 is 23.1 Å². The van der Waals surface area contributed by atoms with E-state index < -0.39 is 42.2 Å². The van der Waals surface area contributed by atoms with E-state index in [2.05, 4.69) is 28.7 Å². The molecule has 0 radical (unpaired) electrons. The number of hydrogen-bond acceptors (Lipinski definition) is 5. The first-order chi connectivity index (χ1) is 8.91. The summed E-state index contributed by atoms with van der Waals surface area (Å²) >= 11 is 2.73. The van der Waals surface area contributed by atoms with Gasteiger partial charge < -0.3 is 9.47 Å². The van der Waals surface area contributed by atoms with Crippen molar-refractivity contribution < 1.29 is 36.6 Å². The van der Waals surface area contributed by atoms with E-state index in [-0.39, 0.29) is 5.57 Å². The minimum absolute atomic E-state index is 0.144. The van der Waals surface area contributed by atoms with Crippen molar-refractivity contribution in [1.29, 1.82) is 0 Å². The zero-order valence-corrected chi connectivity index (χ0v) is 11.7. The third-order valence-corrected chi connectivity index (χ3v) is 2.15. The normalized spacial score (nSPS) is 13.6. The topological polar surface area (TPSA) is 52.6 Å². The molecular weight excluding hydrogens is 304 g/mol. The van der Waals surface area contributed by atoms with Gasteiger partial charge in [-0.1, -0.05) is 13.5 Å². The van der Waals surface area contributed by atoms with Crippen molar-refractivity contribution in [2.75, 3.05) is 6.61 Å². The molecule has 1 unspecified atom stereocenters. The summed E-state index contributed by atoms with van der Waals surface area (Å²) in [5.74, 6) is -7.59. The van der Waals surface area contributed by atoms with Crippen LogP contribution in [0.1, 0.15) is 20.3 Å². The Morgan fingerprint density at radius 2 is 1.80 bits per heavy atom. The highest BCUT2D eigenvalue weighted by atomic mass is 32.1. The number of ether oxygens (including phenoxy) is 2. The molecule has 0 saturated carbocycles. The van der Waals surface area contributed by atoms with Gasteiger partial charge in [-0.2, -0.15) is 17.6 Å². The Hall–Kier alpha value is -1.25. The molecule has 0 aliphatic rings. The number of carbonyl (C=O) groups excluding carboxylic acids is 2. The number of halogens is 4. The highest BCUT2D eigenvalue weighted by Crippen LogP contribution is 2.28. The van der Waals surface area contributed by atoms with Gasteiger partial charge in [0.05, 0.1) is 0 Å². The summed E-state index contributed by atoms with van der Waals surface area (Å²) in [4.78, 5) is 22.3. The first-order valence-electron chi connectivity index (χ1n) is 5.43. The lowest BCUT2D eigenvalue weighted by molar-refractivity contribution is -0.200. The fraction of sp³-hybridized carbons (Fsp3) is 0.636. The maximum absolute atomic E-state index is 13.6. The molecule has 4 nitrogen and oxygen atoms in total. The van der Waals surface area contributed by atoms with Gasteiger partial charge in [0.2, 0.25) is 0 Å². The Morgan fingerprint density at radius 3 is 2.15 bits per heavy atom. The number of alkyl halides is 4. The van der Waals surface area contributed by atoms with Crippen molar-refractivity contribution in [3.05, 3.63) is 12.2 Å². The minimum Gasteiger partial charge on any atom is -0.454 e. The molecule has 20 heavy (non-hydrogen) atoms. The van der Waals surface area contributed by atoms with Crippen LogP contribution in [0, 0.1) is 0 Å². The first-order valence-corrected chi connectivity index (χ1v) is 5.88. The molecule has 0 amide bonds. The molecular formula is C11H14F4O4S. The van der Waals surface area contributed by atoms with Crippen LogP contribution in [0.25, 0.3) is 0 Å². The minimum atomic E-state index is -4.25. The lowest BCUT2D eigenvalue weighted by atomic mass is 10.1. The predicted molar refractivity (Wildman–Crippen MR) is 64.8 cm³/mol. The summed E-state index contributed by atoms with van der Waals surface area (Å²) in [6.45, 7) is 4.03. The Balaban J connectivity index is 4.83. The maximum atomic E-state index is 13.6. The van der Waals surface area contributed by atoms with E-state index in [0.29, 0.717) is 0 Å². The lowest BCUT2D eigenvalue weighted by Gasteiger charge is -2.24. The van der Waals surface area contributed by atoms with Gasteiger partial charge in [0.25, 0.3) is 0 Å². The Bertz CT molecular complexity index is 392. The van der Waals surface area contributed by atoms with Crippen LogP contribution in [0.3, 0.4) is 0 Å². The van der Waals surface area contributed by atoms with E-state index in [1.165, 1.54) is 13.8 Å². The molecule has 0 bridgehead atoms. The van der Waals surface area contributed by atoms with Crippen molar-refractivity contribution in [3.63, 3.8) is 0 Å². The third kappa shape index (κ3) is 5.81. The van der Waals surface area contributed by atoms with Crippen LogP contribution >= 0.6 is 12.6 Å². The fourth-order valence-electron chi connectivity index (χ4n) is 1.02. The highest BCUT2D eigenvalue weighted by molar-refractivity contribution is 7.81. The van der Waals surface area contributed by atoms with Crippen LogP contribution in [0.4, 0.5) is 17.6 Å². The summed E-state index contributed by atoms with van der Waals surface area (Å²) in [5.41, 5.74) is -0.144. The second kappa shape index (κ2) is 6.96. The fourth-order valence-corrected chi connectivity index (χ4v) is 1.09. The maximum Gasteiger partial charge on any atom is 0.381 e. The molecule has 0 aliphatic carbocycles. The van der Waals surface area contributed by atoms with E-state index in [4.69, 9.17) is 0 Å². The Morgan fingerprint density at radius 1 is 1.30 bits per heavy atom. The molecule has 0 saturated heterocycles. The van der Waals surface area contributed by atoms with Gasteiger partial charge in [-0.25, -0.2) is 9.59 Å². The lowest BCUT2D eigenvalue weighted by Crippen LogP contribution is -2.45. The highest BCUT2D eigenvalue weighted by Gasteiger charge is 2.51. The van der Waals surface area contributed by atoms with E-state index in [0.717, 1.165) is 0 Å². The SMILES string of the molecule is C=C(C)C(=O)OC(CC)C(F)(F)C(=O)OCC(F)(F)S. The predicted octanol–water partition coefficient (Wildman–Crippen LogP) is 2.59. The van der Waals surface area contributed by atoms with Gasteiger partial charge in [0.15, 0.2) is 12.7 Å². The summed E-state index contributed by atoms with van der Waals surface area (Å²) in [6, 6.07) is 0. The summed E-state index contributed by atoms with van der Waals surface area (Å²) in [6.07, 6.45) is -2.55. The summed E-state index contributed by atoms with van der Waals surface area (Å²) < 4.78 is 60.0. The van der Waals surface area contributed by atoms with Crippen LogP contribution in [0.15, 0.2) is 12.2 Å².